The number of hydrogen-bond acceptors (Lipinski definition) is 3. The molecule has 70 valence electrons. The number of amides is 2. The van der Waals surface area contributed by atoms with Crippen LogP contribution in [0.1, 0.15) is 12.8 Å². The number of rotatable bonds is 4. The van der Waals surface area contributed by atoms with Crippen LogP contribution in [0.25, 0.3) is 0 Å². The number of methoxy groups -OCH3 is 1. The predicted molar refractivity (Wildman–Crippen MR) is 43.7 cm³/mol. The van der Waals surface area contributed by atoms with E-state index in [0.717, 1.165) is 0 Å². The maximum absolute atomic E-state index is 10.7. The Morgan fingerprint density at radius 3 is 2.58 bits per heavy atom. The summed E-state index contributed by atoms with van der Waals surface area (Å²) in [6.07, 6.45) is 0.571. The molecule has 5 heteroatoms. The Kier molecular flexibility index (Phi) is 5.77. The Bertz CT molecular complexity index is 141. The van der Waals surface area contributed by atoms with Crippen molar-refractivity contribution in [1.82, 2.24) is 10.6 Å². The van der Waals surface area contributed by atoms with Crippen molar-refractivity contribution in [2.24, 2.45) is 0 Å². The van der Waals surface area contributed by atoms with Gasteiger partial charge in [-0.25, -0.2) is 4.79 Å². The fraction of sp³-hybridized carbons (Fsp3) is 0.714. The smallest absolute Gasteiger partial charge is 0.406 e. The highest BCUT2D eigenvalue weighted by Crippen LogP contribution is 1.86. The SMILES string of the molecule is CNC(=O)CCCNC(=O)OC. The van der Waals surface area contributed by atoms with Crippen LogP contribution in [0.15, 0.2) is 0 Å². The quantitative estimate of drug-likeness (QED) is 0.583. The van der Waals surface area contributed by atoms with Gasteiger partial charge in [0, 0.05) is 20.0 Å². The van der Waals surface area contributed by atoms with Gasteiger partial charge < -0.3 is 15.4 Å². The van der Waals surface area contributed by atoms with Gasteiger partial charge in [-0.15, -0.1) is 0 Å². The molecule has 5 nitrogen and oxygen atoms in total. The van der Waals surface area contributed by atoms with Crippen molar-refractivity contribution in [3.05, 3.63) is 0 Å². The van der Waals surface area contributed by atoms with Crippen molar-refractivity contribution in [2.45, 2.75) is 12.8 Å². The summed E-state index contributed by atoms with van der Waals surface area (Å²) < 4.78 is 4.33. The molecule has 0 saturated carbocycles. The van der Waals surface area contributed by atoms with Crippen molar-refractivity contribution >= 4 is 12.0 Å². The predicted octanol–water partition coefficient (Wildman–Crippen LogP) is -0.131. The topological polar surface area (TPSA) is 67.4 Å². The molecule has 0 aromatic rings. The van der Waals surface area contributed by atoms with Gasteiger partial charge in [0.1, 0.15) is 0 Å². The molecule has 0 atom stereocenters. The standard InChI is InChI=1S/C7H14N2O3/c1-8-6(10)4-3-5-9-7(11)12-2/h3-5H2,1-2H3,(H,8,10)(H,9,11). The lowest BCUT2D eigenvalue weighted by molar-refractivity contribution is -0.120. The first-order valence-electron chi connectivity index (χ1n) is 3.73. The second kappa shape index (κ2) is 6.45. The summed E-state index contributed by atoms with van der Waals surface area (Å²) in [5.74, 6) is -0.0262. The van der Waals surface area contributed by atoms with Gasteiger partial charge in [0.05, 0.1) is 7.11 Å². The number of carbonyl (C=O) groups excluding carboxylic acids is 2. The monoisotopic (exact) mass is 174 g/mol. The van der Waals surface area contributed by atoms with Crippen molar-refractivity contribution in [2.75, 3.05) is 20.7 Å². The molecule has 0 bridgehead atoms. The summed E-state index contributed by atoms with van der Waals surface area (Å²) in [6, 6.07) is 0. The Hall–Kier alpha value is -1.26. The molecule has 0 spiro atoms. The van der Waals surface area contributed by atoms with E-state index in [9.17, 15) is 9.59 Å². The maximum Gasteiger partial charge on any atom is 0.406 e. The van der Waals surface area contributed by atoms with Gasteiger partial charge in [-0.3, -0.25) is 4.79 Å². The zero-order chi connectivity index (χ0) is 9.40. The van der Waals surface area contributed by atoms with Crippen LogP contribution in [0, 0.1) is 0 Å². The average molecular weight is 174 g/mol. The van der Waals surface area contributed by atoms with Gasteiger partial charge in [0.25, 0.3) is 0 Å². The zero-order valence-corrected chi connectivity index (χ0v) is 7.35. The zero-order valence-electron chi connectivity index (χ0n) is 7.35. The van der Waals surface area contributed by atoms with Crippen LogP contribution in [0.4, 0.5) is 4.79 Å². The van der Waals surface area contributed by atoms with E-state index < -0.39 is 6.09 Å². The molecule has 0 heterocycles. The molecule has 2 N–H and O–H groups in total. The van der Waals surface area contributed by atoms with E-state index in [2.05, 4.69) is 15.4 Å². The summed E-state index contributed by atoms with van der Waals surface area (Å²) >= 11 is 0. The molecular weight excluding hydrogens is 160 g/mol. The first kappa shape index (κ1) is 10.7. The molecule has 0 aliphatic heterocycles. The second-order valence-electron chi connectivity index (χ2n) is 2.20. The molecule has 0 saturated heterocycles. The summed E-state index contributed by atoms with van der Waals surface area (Å²) in [7, 11) is 2.88. The van der Waals surface area contributed by atoms with Crippen LogP contribution in [0.3, 0.4) is 0 Å². The van der Waals surface area contributed by atoms with Gasteiger partial charge >= 0.3 is 6.09 Å². The van der Waals surface area contributed by atoms with Crippen LogP contribution in [0.2, 0.25) is 0 Å². The van der Waals surface area contributed by atoms with Gasteiger partial charge in [-0.05, 0) is 6.42 Å². The molecule has 0 aliphatic carbocycles. The van der Waals surface area contributed by atoms with Crippen molar-refractivity contribution in [3.8, 4) is 0 Å². The highest BCUT2D eigenvalue weighted by atomic mass is 16.5. The first-order chi connectivity index (χ1) is 5.70. The summed E-state index contributed by atoms with van der Waals surface area (Å²) in [6.45, 7) is 0.458. The van der Waals surface area contributed by atoms with Gasteiger partial charge in [0.15, 0.2) is 0 Å². The van der Waals surface area contributed by atoms with E-state index in [-0.39, 0.29) is 5.91 Å². The van der Waals surface area contributed by atoms with Crippen molar-refractivity contribution in [3.63, 3.8) is 0 Å². The number of ether oxygens (including phenoxy) is 1. The Labute approximate surface area is 71.5 Å². The Morgan fingerprint density at radius 2 is 2.08 bits per heavy atom. The van der Waals surface area contributed by atoms with Gasteiger partial charge in [-0.1, -0.05) is 0 Å². The van der Waals surface area contributed by atoms with E-state index in [1.807, 2.05) is 0 Å². The normalized spacial score (nSPS) is 8.83. The highest BCUT2D eigenvalue weighted by Gasteiger charge is 1.99. The molecular formula is C7H14N2O3. The molecule has 0 fully saturated rings. The third-order valence-corrected chi connectivity index (χ3v) is 1.31. The molecule has 0 unspecified atom stereocenters. The first-order valence-corrected chi connectivity index (χ1v) is 3.73. The largest absolute Gasteiger partial charge is 0.453 e. The molecule has 0 aromatic heterocycles. The van der Waals surface area contributed by atoms with E-state index in [1.165, 1.54) is 7.11 Å². The fourth-order valence-corrected chi connectivity index (χ4v) is 0.637. The van der Waals surface area contributed by atoms with Gasteiger partial charge in [-0.2, -0.15) is 0 Å². The van der Waals surface area contributed by atoms with Crippen LogP contribution in [-0.4, -0.2) is 32.7 Å². The number of alkyl carbamates (subject to hydrolysis) is 1. The molecule has 0 rings (SSSR count). The van der Waals surface area contributed by atoms with Crippen LogP contribution in [-0.2, 0) is 9.53 Å². The Balaban J connectivity index is 3.21. The number of nitrogens with one attached hydrogen (secondary N) is 2. The molecule has 2 amide bonds. The molecule has 0 aliphatic rings. The minimum absolute atomic E-state index is 0.0262. The van der Waals surface area contributed by atoms with Crippen LogP contribution in [0.5, 0.6) is 0 Å². The fourth-order valence-electron chi connectivity index (χ4n) is 0.637. The third kappa shape index (κ3) is 5.52. The lowest BCUT2D eigenvalue weighted by atomic mass is 10.3. The Morgan fingerprint density at radius 1 is 1.42 bits per heavy atom. The minimum atomic E-state index is -0.466. The van der Waals surface area contributed by atoms with Crippen molar-refractivity contribution in [1.29, 1.82) is 0 Å². The molecule has 0 aromatic carbocycles. The van der Waals surface area contributed by atoms with E-state index in [4.69, 9.17) is 0 Å². The minimum Gasteiger partial charge on any atom is -0.453 e. The summed E-state index contributed by atoms with van der Waals surface area (Å²) in [5, 5.41) is 4.95. The van der Waals surface area contributed by atoms with Crippen LogP contribution < -0.4 is 10.6 Å². The average Bonchev–Trinajstić information content (AvgIpc) is 2.11. The summed E-state index contributed by atoms with van der Waals surface area (Å²) in [5.41, 5.74) is 0. The maximum atomic E-state index is 10.7. The molecule has 0 radical (unpaired) electrons. The van der Waals surface area contributed by atoms with E-state index in [0.29, 0.717) is 19.4 Å². The number of carbonyl (C=O) groups is 2. The van der Waals surface area contributed by atoms with Gasteiger partial charge in [0.2, 0.25) is 5.91 Å². The second-order valence-corrected chi connectivity index (χ2v) is 2.20. The van der Waals surface area contributed by atoms with E-state index >= 15 is 0 Å². The van der Waals surface area contributed by atoms with E-state index in [1.54, 1.807) is 7.05 Å². The molecule has 12 heavy (non-hydrogen) atoms. The third-order valence-electron chi connectivity index (χ3n) is 1.31. The highest BCUT2D eigenvalue weighted by molar-refractivity contribution is 5.75. The van der Waals surface area contributed by atoms with Crippen molar-refractivity contribution < 1.29 is 14.3 Å². The number of hydrogen-bond donors (Lipinski definition) is 2. The lowest BCUT2D eigenvalue weighted by Gasteiger charge is -2.02. The summed E-state index contributed by atoms with van der Waals surface area (Å²) in [4.78, 5) is 21.2. The lowest BCUT2D eigenvalue weighted by Crippen LogP contribution is -2.25. The van der Waals surface area contributed by atoms with Crippen LogP contribution >= 0.6 is 0 Å².